The third kappa shape index (κ3) is 1.30. The first kappa shape index (κ1) is 9.66. The first-order chi connectivity index (χ1) is 7.79. The molecule has 0 bridgehead atoms. The van der Waals surface area contributed by atoms with Crippen molar-refractivity contribution >= 4 is 10.9 Å². The van der Waals surface area contributed by atoms with Gasteiger partial charge in [0.2, 0.25) is 0 Å². The second kappa shape index (κ2) is 3.49. The molecular weight excluding hydrogens is 207 g/mol. The van der Waals surface area contributed by atoms with Crippen LogP contribution in [0.3, 0.4) is 0 Å². The number of H-pyrrole nitrogens is 1. The molecule has 2 heterocycles. The molecule has 0 spiro atoms. The van der Waals surface area contributed by atoms with Crippen LogP contribution in [0, 0.1) is 5.82 Å². The summed E-state index contributed by atoms with van der Waals surface area (Å²) < 4.78 is 18.6. The normalized spacial score (nSPS) is 15.1. The van der Waals surface area contributed by atoms with Gasteiger partial charge in [0, 0.05) is 42.2 Å². The van der Waals surface area contributed by atoms with E-state index in [1.165, 1.54) is 18.4 Å². The minimum atomic E-state index is -0.303. The quantitative estimate of drug-likeness (QED) is 0.770. The van der Waals surface area contributed by atoms with Gasteiger partial charge in [-0.15, -0.1) is 0 Å². The van der Waals surface area contributed by atoms with Gasteiger partial charge < -0.3 is 15.0 Å². The Kier molecular flexibility index (Phi) is 2.11. The summed E-state index contributed by atoms with van der Waals surface area (Å²) in [5.41, 5.74) is 3.34. The van der Waals surface area contributed by atoms with Crippen molar-refractivity contribution in [3.8, 4) is 5.75 Å². The second-order valence-corrected chi connectivity index (χ2v) is 4.04. The predicted molar refractivity (Wildman–Crippen MR) is 60.2 cm³/mol. The highest BCUT2D eigenvalue weighted by molar-refractivity contribution is 5.86. The van der Waals surface area contributed by atoms with Gasteiger partial charge in [0.1, 0.15) is 0 Å². The fraction of sp³-hybridized carbons (Fsp3) is 0.333. The van der Waals surface area contributed by atoms with Gasteiger partial charge in [-0.1, -0.05) is 0 Å². The van der Waals surface area contributed by atoms with Gasteiger partial charge in [0.15, 0.2) is 11.6 Å². The Bertz CT molecular complexity index is 547. The molecule has 1 aliphatic heterocycles. The third-order valence-corrected chi connectivity index (χ3v) is 3.12. The molecule has 1 aliphatic rings. The van der Waals surface area contributed by atoms with Crippen molar-refractivity contribution in [2.45, 2.75) is 13.0 Å². The Hall–Kier alpha value is -1.55. The van der Waals surface area contributed by atoms with Crippen LogP contribution in [0.1, 0.15) is 11.3 Å². The SMILES string of the molecule is COc1cc2[nH]c3c(c2cc1F)CNCC3. The van der Waals surface area contributed by atoms with Crippen molar-refractivity contribution in [3.63, 3.8) is 0 Å². The van der Waals surface area contributed by atoms with Gasteiger partial charge >= 0.3 is 0 Å². The molecule has 0 unspecified atom stereocenters. The summed E-state index contributed by atoms with van der Waals surface area (Å²) in [4.78, 5) is 3.33. The van der Waals surface area contributed by atoms with Gasteiger partial charge in [-0.05, 0) is 11.6 Å². The van der Waals surface area contributed by atoms with Crippen molar-refractivity contribution in [1.29, 1.82) is 0 Å². The third-order valence-electron chi connectivity index (χ3n) is 3.12. The Morgan fingerprint density at radius 3 is 3.06 bits per heavy atom. The van der Waals surface area contributed by atoms with E-state index in [-0.39, 0.29) is 5.82 Å². The molecule has 0 fully saturated rings. The van der Waals surface area contributed by atoms with Crippen LogP contribution in [0.2, 0.25) is 0 Å². The Labute approximate surface area is 92.6 Å². The van der Waals surface area contributed by atoms with Crippen LogP contribution < -0.4 is 10.1 Å². The number of aromatic amines is 1. The Morgan fingerprint density at radius 2 is 2.25 bits per heavy atom. The number of hydrogen-bond donors (Lipinski definition) is 2. The molecule has 0 saturated carbocycles. The van der Waals surface area contributed by atoms with E-state index >= 15 is 0 Å². The number of aromatic nitrogens is 1. The number of nitrogens with one attached hydrogen (secondary N) is 2. The van der Waals surface area contributed by atoms with Crippen LogP contribution in [0.15, 0.2) is 12.1 Å². The van der Waals surface area contributed by atoms with Crippen LogP contribution in [0.5, 0.6) is 5.75 Å². The molecule has 84 valence electrons. The van der Waals surface area contributed by atoms with Crippen LogP contribution in [-0.4, -0.2) is 18.6 Å². The molecule has 16 heavy (non-hydrogen) atoms. The van der Waals surface area contributed by atoms with Crippen molar-refractivity contribution in [1.82, 2.24) is 10.3 Å². The van der Waals surface area contributed by atoms with Gasteiger partial charge in [0.25, 0.3) is 0 Å². The molecule has 0 radical (unpaired) electrons. The summed E-state index contributed by atoms with van der Waals surface area (Å²) in [6.07, 6.45) is 0.966. The van der Waals surface area contributed by atoms with E-state index in [4.69, 9.17) is 4.74 Å². The summed E-state index contributed by atoms with van der Waals surface area (Å²) >= 11 is 0. The van der Waals surface area contributed by atoms with E-state index in [0.29, 0.717) is 5.75 Å². The number of hydrogen-bond acceptors (Lipinski definition) is 2. The van der Waals surface area contributed by atoms with E-state index in [0.717, 1.165) is 30.4 Å². The minimum absolute atomic E-state index is 0.291. The molecule has 3 rings (SSSR count). The monoisotopic (exact) mass is 220 g/mol. The first-order valence-corrected chi connectivity index (χ1v) is 5.37. The lowest BCUT2D eigenvalue weighted by Gasteiger charge is -2.12. The topological polar surface area (TPSA) is 37.0 Å². The number of ether oxygens (including phenoxy) is 1. The van der Waals surface area contributed by atoms with Crippen LogP contribution in [-0.2, 0) is 13.0 Å². The lowest BCUT2D eigenvalue weighted by atomic mass is 10.1. The second-order valence-electron chi connectivity index (χ2n) is 4.04. The van der Waals surface area contributed by atoms with Crippen LogP contribution in [0.4, 0.5) is 4.39 Å². The maximum absolute atomic E-state index is 13.6. The van der Waals surface area contributed by atoms with Gasteiger partial charge in [-0.3, -0.25) is 0 Å². The average Bonchev–Trinajstić information content (AvgIpc) is 2.66. The fourth-order valence-corrected chi connectivity index (χ4v) is 2.31. The molecule has 1 aromatic carbocycles. The maximum Gasteiger partial charge on any atom is 0.165 e. The molecule has 3 nitrogen and oxygen atoms in total. The predicted octanol–water partition coefficient (Wildman–Crippen LogP) is 1.96. The standard InChI is InChI=1S/C12H13FN2O/c1-16-12-5-11-7(4-9(12)13)8-6-14-3-2-10(8)15-11/h4-5,14-15H,2-3,6H2,1H3. The number of methoxy groups -OCH3 is 1. The largest absolute Gasteiger partial charge is 0.494 e. The van der Waals surface area contributed by atoms with Crippen molar-refractivity contribution in [2.75, 3.05) is 13.7 Å². The summed E-state index contributed by atoms with van der Waals surface area (Å²) in [6.45, 7) is 1.78. The average molecular weight is 220 g/mol. The fourth-order valence-electron chi connectivity index (χ4n) is 2.31. The van der Waals surface area contributed by atoms with Crippen molar-refractivity contribution in [3.05, 3.63) is 29.2 Å². The van der Waals surface area contributed by atoms with E-state index < -0.39 is 0 Å². The van der Waals surface area contributed by atoms with Gasteiger partial charge in [0.05, 0.1) is 7.11 Å². The zero-order valence-corrected chi connectivity index (χ0v) is 9.06. The van der Waals surface area contributed by atoms with Crippen LogP contribution in [0.25, 0.3) is 10.9 Å². The molecule has 2 N–H and O–H groups in total. The lowest BCUT2D eigenvalue weighted by Crippen LogP contribution is -2.22. The molecule has 4 heteroatoms. The minimum Gasteiger partial charge on any atom is -0.494 e. The number of benzene rings is 1. The number of rotatable bonds is 1. The van der Waals surface area contributed by atoms with Crippen LogP contribution >= 0.6 is 0 Å². The van der Waals surface area contributed by atoms with Gasteiger partial charge in [-0.25, -0.2) is 4.39 Å². The smallest absolute Gasteiger partial charge is 0.165 e. The van der Waals surface area contributed by atoms with Crippen molar-refractivity contribution in [2.24, 2.45) is 0 Å². The Balaban J connectivity index is 2.27. The van der Waals surface area contributed by atoms with E-state index in [1.54, 1.807) is 12.1 Å². The molecule has 0 atom stereocenters. The van der Waals surface area contributed by atoms with E-state index in [9.17, 15) is 4.39 Å². The zero-order chi connectivity index (χ0) is 11.1. The lowest BCUT2D eigenvalue weighted by molar-refractivity contribution is 0.387. The van der Waals surface area contributed by atoms with Gasteiger partial charge in [-0.2, -0.15) is 0 Å². The maximum atomic E-state index is 13.6. The highest BCUT2D eigenvalue weighted by Crippen LogP contribution is 2.30. The summed E-state index contributed by atoms with van der Waals surface area (Å²) in [5, 5.41) is 4.25. The molecular formula is C12H13FN2O. The highest BCUT2D eigenvalue weighted by Gasteiger charge is 2.16. The summed E-state index contributed by atoms with van der Waals surface area (Å²) in [6, 6.07) is 3.28. The Morgan fingerprint density at radius 1 is 1.38 bits per heavy atom. The number of halogens is 1. The molecule has 0 saturated heterocycles. The number of fused-ring (bicyclic) bond motifs is 3. The summed E-state index contributed by atoms with van der Waals surface area (Å²) in [5.74, 6) is -0.0126. The molecule has 2 aromatic rings. The summed E-state index contributed by atoms with van der Waals surface area (Å²) in [7, 11) is 1.48. The first-order valence-electron chi connectivity index (χ1n) is 5.37. The zero-order valence-electron chi connectivity index (χ0n) is 9.06. The molecule has 0 amide bonds. The molecule has 0 aliphatic carbocycles. The molecule has 1 aromatic heterocycles. The van der Waals surface area contributed by atoms with E-state index in [1.807, 2.05) is 0 Å². The van der Waals surface area contributed by atoms with E-state index in [2.05, 4.69) is 10.3 Å². The highest BCUT2D eigenvalue weighted by atomic mass is 19.1. The van der Waals surface area contributed by atoms with Crippen molar-refractivity contribution < 1.29 is 9.13 Å².